The highest BCUT2D eigenvalue weighted by Gasteiger charge is 2.26. The smallest absolute Gasteiger partial charge is 0.156 e. The van der Waals surface area contributed by atoms with Crippen LogP contribution in [-0.2, 0) is 5.41 Å². The minimum atomic E-state index is -0.677. The molecule has 7 heteroatoms. The number of aliphatic hydroxyl groups is 1. The van der Waals surface area contributed by atoms with Gasteiger partial charge in [-0.25, -0.2) is 0 Å². The van der Waals surface area contributed by atoms with E-state index in [0.717, 1.165) is 11.1 Å². The summed E-state index contributed by atoms with van der Waals surface area (Å²) in [5, 5.41) is 10.5. The van der Waals surface area contributed by atoms with Crippen molar-refractivity contribution in [2.45, 2.75) is 32.3 Å². The molecule has 0 bridgehead atoms. The first kappa shape index (κ1) is 24.1. The Morgan fingerprint density at radius 2 is 1.59 bits per heavy atom. The number of halogens is 3. The number of ether oxygens (including phenoxy) is 2. The van der Waals surface area contributed by atoms with Gasteiger partial charge in [-0.2, -0.15) is 0 Å². The molecular weight excluding hydrogens is 433 g/mol. The second-order valence-electron chi connectivity index (χ2n) is 7.69. The quantitative estimate of drug-likeness (QED) is 0.474. The third kappa shape index (κ3) is 6.40. The number of aliphatic hydroxyl groups excluding tert-OH is 1. The zero-order valence-corrected chi connectivity index (χ0v) is 19.2. The summed E-state index contributed by atoms with van der Waals surface area (Å²) >= 11 is 18.8. The van der Waals surface area contributed by atoms with Crippen molar-refractivity contribution in [3.63, 3.8) is 0 Å². The molecule has 2 atom stereocenters. The molecule has 160 valence electrons. The summed E-state index contributed by atoms with van der Waals surface area (Å²) in [6, 6.07) is 11.5. The van der Waals surface area contributed by atoms with Gasteiger partial charge in [0.15, 0.2) is 5.75 Å². The predicted octanol–water partition coefficient (Wildman–Crippen LogP) is 5.27. The molecule has 29 heavy (non-hydrogen) atoms. The molecule has 0 aliphatic rings. The van der Waals surface area contributed by atoms with Crippen LogP contribution in [0.1, 0.15) is 31.9 Å². The number of benzene rings is 2. The molecule has 0 amide bonds. The van der Waals surface area contributed by atoms with Gasteiger partial charge in [-0.15, -0.1) is 11.6 Å². The predicted molar refractivity (Wildman–Crippen MR) is 121 cm³/mol. The van der Waals surface area contributed by atoms with Gasteiger partial charge in [-0.1, -0.05) is 56.1 Å². The molecule has 0 unspecified atom stereocenters. The Kier molecular flexibility index (Phi) is 8.92. The molecule has 2 aromatic rings. The van der Waals surface area contributed by atoms with Crippen molar-refractivity contribution in [1.82, 2.24) is 0 Å². The van der Waals surface area contributed by atoms with Gasteiger partial charge in [0.25, 0.3) is 0 Å². The van der Waals surface area contributed by atoms with Crippen LogP contribution in [0.4, 0.5) is 0 Å². The number of hydrogen-bond donors (Lipinski definition) is 2. The molecular formula is C22H28Cl3NO3. The van der Waals surface area contributed by atoms with E-state index >= 15 is 0 Å². The summed E-state index contributed by atoms with van der Waals surface area (Å²) in [5.74, 6) is 1.86. The van der Waals surface area contributed by atoms with Gasteiger partial charge in [0.1, 0.15) is 18.5 Å². The molecule has 0 heterocycles. The summed E-state index contributed by atoms with van der Waals surface area (Å²) < 4.78 is 11.3. The molecule has 0 saturated heterocycles. The summed E-state index contributed by atoms with van der Waals surface area (Å²) in [5.41, 5.74) is 7.09. The maximum Gasteiger partial charge on any atom is 0.156 e. The van der Waals surface area contributed by atoms with Gasteiger partial charge in [0.05, 0.1) is 16.7 Å². The van der Waals surface area contributed by atoms with E-state index in [4.69, 9.17) is 50.0 Å². The van der Waals surface area contributed by atoms with Crippen molar-refractivity contribution in [1.29, 1.82) is 0 Å². The van der Waals surface area contributed by atoms with Gasteiger partial charge in [-0.3, -0.25) is 0 Å². The average molecular weight is 461 g/mol. The van der Waals surface area contributed by atoms with Crippen LogP contribution in [0.3, 0.4) is 0 Å². The number of rotatable bonds is 10. The van der Waals surface area contributed by atoms with Crippen molar-refractivity contribution >= 4 is 34.8 Å². The molecule has 2 rings (SSSR count). The Morgan fingerprint density at radius 3 is 2.10 bits per heavy atom. The summed E-state index contributed by atoms with van der Waals surface area (Å²) in [4.78, 5) is 0. The van der Waals surface area contributed by atoms with Crippen LogP contribution in [0.2, 0.25) is 10.0 Å². The summed E-state index contributed by atoms with van der Waals surface area (Å²) in [6.45, 7) is 6.96. The third-order valence-corrected chi connectivity index (χ3v) is 5.87. The Morgan fingerprint density at radius 1 is 1.00 bits per heavy atom. The summed E-state index contributed by atoms with van der Waals surface area (Å²) in [6.07, 6.45) is -0.677. The molecule has 4 nitrogen and oxygen atoms in total. The molecule has 0 radical (unpaired) electrons. The van der Waals surface area contributed by atoms with Crippen LogP contribution in [-0.4, -0.2) is 36.8 Å². The zero-order chi connectivity index (χ0) is 21.6. The lowest BCUT2D eigenvalue weighted by Crippen LogP contribution is -2.26. The van der Waals surface area contributed by atoms with Crippen LogP contribution in [0.15, 0.2) is 36.4 Å². The largest absolute Gasteiger partial charge is 0.491 e. The topological polar surface area (TPSA) is 64.7 Å². The SMILES string of the molecule is C[C@H](CCl)COc1c(Cl)cc(C(C)(C)c2ccc(OC[C@H](O)CN)cc2)cc1Cl. The highest BCUT2D eigenvalue weighted by atomic mass is 35.5. The van der Waals surface area contributed by atoms with Crippen LogP contribution in [0.25, 0.3) is 0 Å². The second-order valence-corrected chi connectivity index (χ2v) is 8.81. The van der Waals surface area contributed by atoms with E-state index in [1.54, 1.807) is 0 Å². The Balaban J connectivity index is 2.19. The molecule has 0 aromatic heterocycles. The minimum absolute atomic E-state index is 0.161. The molecule has 0 spiro atoms. The fourth-order valence-electron chi connectivity index (χ4n) is 2.72. The maximum absolute atomic E-state index is 9.52. The zero-order valence-electron chi connectivity index (χ0n) is 16.9. The van der Waals surface area contributed by atoms with Crippen LogP contribution < -0.4 is 15.2 Å². The van der Waals surface area contributed by atoms with Crippen LogP contribution >= 0.6 is 34.8 Å². The molecule has 0 aliphatic heterocycles. The third-order valence-electron chi connectivity index (χ3n) is 4.79. The van der Waals surface area contributed by atoms with Gasteiger partial charge < -0.3 is 20.3 Å². The first-order valence-electron chi connectivity index (χ1n) is 9.48. The number of nitrogens with two attached hydrogens (primary N) is 1. The monoisotopic (exact) mass is 459 g/mol. The highest BCUT2D eigenvalue weighted by Crippen LogP contribution is 2.40. The van der Waals surface area contributed by atoms with Crippen molar-refractivity contribution in [3.8, 4) is 11.5 Å². The fourth-order valence-corrected chi connectivity index (χ4v) is 3.41. The van der Waals surface area contributed by atoms with Gasteiger partial charge in [-0.05, 0) is 35.4 Å². The molecule has 3 N–H and O–H groups in total. The van der Waals surface area contributed by atoms with Crippen molar-refractivity contribution in [2.24, 2.45) is 11.7 Å². The van der Waals surface area contributed by atoms with Gasteiger partial charge >= 0.3 is 0 Å². The van der Waals surface area contributed by atoms with E-state index < -0.39 is 6.10 Å². The van der Waals surface area contributed by atoms with Crippen LogP contribution in [0.5, 0.6) is 11.5 Å². The average Bonchev–Trinajstić information content (AvgIpc) is 2.71. The first-order chi connectivity index (χ1) is 13.7. The lowest BCUT2D eigenvalue weighted by Gasteiger charge is -2.27. The van der Waals surface area contributed by atoms with Gasteiger partial charge in [0, 0.05) is 23.8 Å². The summed E-state index contributed by atoms with van der Waals surface area (Å²) in [7, 11) is 0. The second kappa shape index (κ2) is 10.7. The number of alkyl halides is 1. The van der Waals surface area contributed by atoms with Crippen molar-refractivity contribution < 1.29 is 14.6 Å². The molecule has 0 aliphatic carbocycles. The Bertz CT molecular complexity index is 773. The van der Waals surface area contributed by atoms with E-state index in [9.17, 15) is 5.11 Å². The van der Waals surface area contributed by atoms with Crippen molar-refractivity contribution in [3.05, 3.63) is 57.6 Å². The normalized spacial score (nSPS) is 13.8. The van der Waals surface area contributed by atoms with E-state index in [2.05, 4.69) is 13.8 Å². The molecule has 0 saturated carbocycles. The van der Waals surface area contributed by atoms with Gasteiger partial charge in [0.2, 0.25) is 0 Å². The minimum Gasteiger partial charge on any atom is -0.491 e. The van der Waals surface area contributed by atoms with E-state index in [0.29, 0.717) is 34.0 Å². The molecule has 0 fully saturated rings. The molecule has 2 aromatic carbocycles. The first-order valence-corrected chi connectivity index (χ1v) is 10.8. The lowest BCUT2D eigenvalue weighted by molar-refractivity contribution is 0.114. The standard InChI is InChI=1S/C22H28Cl3NO3/c1-14(10-23)12-29-21-19(24)8-16(9-20(21)25)22(2,3)15-4-6-18(7-5-15)28-13-17(27)11-26/h4-9,14,17,27H,10-13,26H2,1-3H3/t14-,17-/m1/s1. The number of hydrogen-bond acceptors (Lipinski definition) is 4. The van der Waals surface area contributed by atoms with Crippen LogP contribution in [0, 0.1) is 5.92 Å². The van der Waals surface area contributed by atoms with E-state index in [1.807, 2.05) is 43.3 Å². The van der Waals surface area contributed by atoms with Crippen molar-refractivity contribution in [2.75, 3.05) is 25.6 Å². The Hall–Kier alpha value is -1.17. The maximum atomic E-state index is 9.52. The highest BCUT2D eigenvalue weighted by molar-refractivity contribution is 6.37. The van der Waals surface area contributed by atoms with E-state index in [1.165, 1.54) is 0 Å². The van der Waals surface area contributed by atoms with E-state index in [-0.39, 0.29) is 24.5 Å². The Labute approximate surface area is 187 Å². The fraction of sp³-hybridized carbons (Fsp3) is 0.455. The lowest BCUT2D eigenvalue weighted by atomic mass is 9.78.